The standard InChI is InChI=1S/C14H13ClF2O3/c1-7-3-11-8(5-10(7)15)4-9(13(18)19)12(20-11)14(2,17)6-16/h3-5,12H,6H2,1-2H3,(H,18,19). The Morgan fingerprint density at radius 1 is 1.55 bits per heavy atom. The highest BCUT2D eigenvalue weighted by Gasteiger charge is 2.43. The Kier molecular flexibility index (Phi) is 3.73. The minimum absolute atomic E-state index is 0.291. The second-order valence-corrected chi connectivity index (χ2v) is 5.36. The molecule has 0 spiro atoms. The maximum absolute atomic E-state index is 14.2. The normalized spacial score (nSPS) is 20.4. The number of halogens is 3. The molecule has 6 heteroatoms. The van der Waals surface area contributed by atoms with Crippen LogP contribution in [0.25, 0.3) is 6.08 Å². The number of alkyl halides is 2. The van der Waals surface area contributed by atoms with E-state index in [2.05, 4.69) is 0 Å². The minimum Gasteiger partial charge on any atom is -0.481 e. The van der Waals surface area contributed by atoms with E-state index in [1.54, 1.807) is 13.0 Å². The Hall–Kier alpha value is -1.62. The summed E-state index contributed by atoms with van der Waals surface area (Å²) in [5.74, 6) is -1.06. The molecule has 0 aromatic heterocycles. The number of fused-ring (bicyclic) bond motifs is 1. The number of benzene rings is 1. The molecule has 1 N–H and O–H groups in total. The second-order valence-electron chi connectivity index (χ2n) is 4.95. The lowest BCUT2D eigenvalue weighted by molar-refractivity contribution is -0.134. The summed E-state index contributed by atoms with van der Waals surface area (Å²) in [7, 11) is 0. The monoisotopic (exact) mass is 302 g/mol. The van der Waals surface area contributed by atoms with Gasteiger partial charge >= 0.3 is 5.97 Å². The molecular weight excluding hydrogens is 290 g/mol. The summed E-state index contributed by atoms with van der Waals surface area (Å²) in [6, 6.07) is 3.12. The summed E-state index contributed by atoms with van der Waals surface area (Å²) in [5, 5.41) is 9.59. The highest BCUT2D eigenvalue weighted by molar-refractivity contribution is 6.31. The average molecular weight is 303 g/mol. The van der Waals surface area contributed by atoms with Crippen molar-refractivity contribution in [2.45, 2.75) is 25.6 Å². The Morgan fingerprint density at radius 2 is 2.20 bits per heavy atom. The maximum atomic E-state index is 14.2. The molecule has 108 valence electrons. The first-order valence-corrected chi connectivity index (χ1v) is 6.30. The van der Waals surface area contributed by atoms with Crippen molar-refractivity contribution in [1.82, 2.24) is 0 Å². The maximum Gasteiger partial charge on any atom is 0.335 e. The van der Waals surface area contributed by atoms with Gasteiger partial charge in [-0.2, -0.15) is 0 Å². The van der Waals surface area contributed by atoms with Crippen LogP contribution in [-0.4, -0.2) is 29.5 Å². The van der Waals surface area contributed by atoms with Gasteiger partial charge in [0, 0.05) is 10.6 Å². The van der Waals surface area contributed by atoms with Gasteiger partial charge in [0.15, 0.2) is 11.8 Å². The van der Waals surface area contributed by atoms with E-state index in [1.165, 1.54) is 12.1 Å². The number of aryl methyl sites for hydroxylation is 1. The molecule has 0 saturated carbocycles. The van der Waals surface area contributed by atoms with Gasteiger partial charge in [-0.25, -0.2) is 13.6 Å². The summed E-state index contributed by atoms with van der Waals surface area (Å²) in [6.07, 6.45) is -0.233. The van der Waals surface area contributed by atoms with E-state index in [0.29, 0.717) is 21.9 Å². The third-order valence-corrected chi connectivity index (χ3v) is 3.59. The van der Waals surface area contributed by atoms with Crippen LogP contribution in [0.2, 0.25) is 5.02 Å². The molecule has 0 radical (unpaired) electrons. The molecule has 1 aromatic rings. The van der Waals surface area contributed by atoms with Crippen LogP contribution in [-0.2, 0) is 4.79 Å². The topological polar surface area (TPSA) is 46.5 Å². The summed E-state index contributed by atoms with van der Waals surface area (Å²) in [4.78, 5) is 11.2. The Morgan fingerprint density at radius 3 is 2.75 bits per heavy atom. The predicted octanol–water partition coefficient (Wildman–Crippen LogP) is 3.58. The zero-order valence-corrected chi connectivity index (χ0v) is 11.7. The van der Waals surface area contributed by atoms with Crippen molar-refractivity contribution in [3.05, 3.63) is 33.9 Å². The van der Waals surface area contributed by atoms with Crippen molar-refractivity contribution < 1.29 is 23.4 Å². The zero-order chi connectivity index (χ0) is 15.1. The number of carbonyl (C=O) groups is 1. The number of aliphatic carboxylic acids is 1. The second kappa shape index (κ2) is 5.05. The van der Waals surface area contributed by atoms with E-state index in [4.69, 9.17) is 21.4 Å². The summed E-state index contributed by atoms with van der Waals surface area (Å²) >= 11 is 5.96. The van der Waals surface area contributed by atoms with Crippen molar-refractivity contribution in [3.8, 4) is 5.75 Å². The van der Waals surface area contributed by atoms with Gasteiger partial charge < -0.3 is 9.84 Å². The molecule has 3 nitrogen and oxygen atoms in total. The highest BCUT2D eigenvalue weighted by Crippen LogP contribution is 2.38. The van der Waals surface area contributed by atoms with Crippen LogP contribution in [0, 0.1) is 6.92 Å². The van der Waals surface area contributed by atoms with Crippen LogP contribution in [0.1, 0.15) is 18.1 Å². The Balaban J connectivity index is 2.56. The number of hydrogen-bond acceptors (Lipinski definition) is 2. The summed E-state index contributed by atoms with van der Waals surface area (Å²) < 4.78 is 32.3. The summed E-state index contributed by atoms with van der Waals surface area (Å²) in [6.45, 7) is 1.37. The van der Waals surface area contributed by atoms with Gasteiger partial charge in [0.2, 0.25) is 0 Å². The third kappa shape index (κ3) is 2.50. The number of carboxylic acids is 1. The molecule has 1 aromatic carbocycles. The SMILES string of the molecule is Cc1cc2c(cc1Cl)C=C(C(=O)O)C(C(C)(F)CF)O2. The molecule has 0 aliphatic carbocycles. The van der Waals surface area contributed by atoms with Crippen molar-refractivity contribution in [2.24, 2.45) is 0 Å². The van der Waals surface area contributed by atoms with E-state index in [9.17, 15) is 13.6 Å². The van der Waals surface area contributed by atoms with Crippen molar-refractivity contribution in [1.29, 1.82) is 0 Å². The lowest BCUT2D eigenvalue weighted by atomic mass is 9.91. The molecule has 20 heavy (non-hydrogen) atoms. The van der Waals surface area contributed by atoms with Crippen LogP contribution < -0.4 is 4.74 Å². The largest absolute Gasteiger partial charge is 0.481 e. The van der Waals surface area contributed by atoms with E-state index in [-0.39, 0.29) is 5.57 Å². The fraction of sp³-hybridized carbons (Fsp3) is 0.357. The number of carboxylic acid groups (broad SMARTS) is 1. The Labute approximate surface area is 119 Å². The number of hydrogen-bond donors (Lipinski definition) is 1. The molecular formula is C14H13ClF2O3. The van der Waals surface area contributed by atoms with Crippen LogP contribution in [0.5, 0.6) is 5.75 Å². The van der Waals surface area contributed by atoms with E-state index in [0.717, 1.165) is 6.92 Å². The number of ether oxygens (including phenoxy) is 1. The molecule has 2 atom stereocenters. The zero-order valence-electron chi connectivity index (χ0n) is 10.9. The molecule has 0 bridgehead atoms. The quantitative estimate of drug-likeness (QED) is 0.928. The van der Waals surface area contributed by atoms with Gasteiger partial charge in [-0.1, -0.05) is 11.6 Å². The number of rotatable bonds is 3. The van der Waals surface area contributed by atoms with E-state index < -0.39 is 24.4 Å². The predicted molar refractivity (Wildman–Crippen MR) is 71.7 cm³/mol. The van der Waals surface area contributed by atoms with E-state index >= 15 is 0 Å². The average Bonchev–Trinajstić information content (AvgIpc) is 2.38. The first-order valence-electron chi connectivity index (χ1n) is 5.93. The van der Waals surface area contributed by atoms with Crippen LogP contribution in [0.3, 0.4) is 0 Å². The molecule has 1 heterocycles. The van der Waals surface area contributed by atoms with Gasteiger partial charge in [-0.15, -0.1) is 0 Å². The van der Waals surface area contributed by atoms with Gasteiger partial charge in [-0.05, 0) is 37.6 Å². The molecule has 2 unspecified atom stereocenters. The van der Waals surface area contributed by atoms with Crippen LogP contribution in [0.4, 0.5) is 8.78 Å². The van der Waals surface area contributed by atoms with Crippen LogP contribution >= 0.6 is 11.6 Å². The van der Waals surface area contributed by atoms with Crippen molar-refractivity contribution in [3.63, 3.8) is 0 Å². The smallest absolute Gasteiger partial charge is 0.335 e. The van der Waals surface area contributed by atoms with E-state index in [1.807, 2.05) is 0 Å². The van der Waals surface area contributed by atoms with Gasteiger partial charge in [-0.3, -0.25) is 0 Å². The molecule has 1 aliphatic heterocycles. The highest BCUT2D eigenvalue weighted by atomic mass is 35.5. The lowest BCUT2D eigenvalue weighted by Crippen LogP contribution is -2.45. The lowest BCUT2D eigenvalue weighted by Gasteiger charge is -2.32. The molecule has 2 rings (SSSR count). The fourth-order valence-corrected chi connectivity index (χ4v) is 2.18. The third-order valence-electron chi connectivity index (χ3n) is 3.18. The Bertz CT molecular complexity index is 596. The first-order chi connectivity index (χ1) is 9.26. The summed E-state index contributed by atoms with van der Waals surface area (Å²) in [5.41, 5.74) is -1.61. The van der Waals surface area contributed by atoms with Gasteiger partial charge in [0.05, 0.1) is 5.57 Å². The molecule has 0 saturated heterocycles. The fourth-order valence-electron chi connectivity index (χ4n) is 2.01. The van der Waals surface area contributed by atoms with Crippen molar-refractivity contribution >= 4 is 23.6 Å². The molecule has 0 fully saturated rings. The molecule has 0 amide bonds. The first kappa shape index (κ1) is 14.8. The van der Waals surface area contributed by atoms with Crippen LogP contribution in [0.15, 0.2) is 17.7 Å². The molecule has 1 aliphatic rings. The van der Waals surface area contributed by atoms with Gasteiger partial charge in [0.1, 0.15) is 12.4 Å². The minimum atomic E-state index is -2.42. The van der Waals surface area contributed by atoms with Crippen molar-refractivity contribution in [2.75, 3.05) is 6.67 Å². The van der Waals surface area contributed by atoms with Gasteiger partial charge in [0.25, 0.3) is 0 Å².